The summed E-state index contributed by atoms with van der Waals surface area (Å²) in [5, 5.41) is 0. The molecule has 12 nitrogen and oxygen atoms in total. The van der Waals surface area contributed by atoms with Gasteiger partial charge in [-0.2, -0.15) is 0 Å². The first-order valence-electron chi connectivity index (χ1n) is 18.5. The van der Waals surface area contributed by atoms with Crippen molar-refractivity contribution in [1.29, 1.82) is 0 Å². The maximum atomic E-state index is 13.0. The number of esters is 2. The second kappa shape index (κ2) is 16.8. The van der Waals surface area contributed by atoms with Crippen LogP contribution >= 0.6 is 0 Å². The molecule has 0 N–H and O–H groups in total. The van der Waals surface area contributed by atoms with Crippen LogP contribution in [0, 0.1) is 0 Å². The summed E-state index contributed by atoms with van der Waals surface area (Å²) >= 11 is 0. The van der Waals surface area contributed by atoms with Crippen LogP contribution in [-0.4, -0.2) is 75.1 Å². The van der Waals surface area contributed by atoms with Crippen molar-refractivity contribution in [2.45, 2.75) is 65.5 Å². The minimum atomic E-state index is -0.519. The molecule has 56 heavy (non-hydrogen) atoms. The summed E-state index contributed by atoms with van der Waals surface area (Å²) in [6.45, 7) is 6.84. The second-order valence-electron chi connectivity index (χ2n) is 14.0. The Labute approximate surface area is 327 Å². The molecule has 0 unspecified atom stereocenters. The molecule has 2 aliphatic rings. The van der Waals surface area contributed by atoms with E-state index < -0.39 is 11.9 Å². The molecule has 0 saturated heterocycles. The highest BCUT2D eigenvalue weighted by Gasteiger charge is 2.33. The van der Waals surface area contributed by atoms with Crippen LogP contribution < -0.4 is 28.4 Å². The number of carbonyl (C=O) groups is 4. The average molecular weight is 765 g/mol. The Morgan fingerprint density at radius 2 is 0.875 bits per heavy atom. The number of ether oxygens (including phenoxy) is 6. The molecule has 2 heterocycles. The van der Waals surface area contributed by atoms with Crippen LogP contribution in [0.1, 0.15) is 73.2 Å². The molecule has 12 heteroatoms. The summed E-state index contributed by atoms with van der Waals surface area (Å²) in [5.74, 6) is 1.77. The molecule has 0 aromatic heterocycles. The number of rotatable bonds is 11. The zero-order chi connectivity index (χ0) is 40.3. The van der Waals surface area contributed by atoms with E-state index in [2.05, 4.69) is 0 Å². The van der Waals surface area contributed by atoms with Crippen LogP contribution in [0.25, 0.3) is 11.1 Å². The Balaban J connectivity index is 1.46. The maximum absolute atomic E-state index is 13.0. The Hall–Kier alpha value is -6.04. The van der Waals surface area contributed by atoms with E-state index in [-0.39, 0.29) is 35.4 Å². The number of hydrogen-bond acceptors (Lipinski definition) is 10. The molecule has 0 fully saturated rings. The minimum absolute atomic E-state index is 0.0583. The zero-order valence-corrected chi connectivity index (χ0v) is 33.1. The van der Waals surface area contributed by atoms with Gasteiger partial charge >= 0.3 is 11.9 Å². The predicted octanol–water partition coefficient (Wildman–Crippen LogP) is 6.62. The summed E-state index contributed by atoms with van der Waals surface area (Å²) in [6, 6.07) is 18.1. The molecule has 6 rings (SSSR count). The first-order chi connectivity index (χ1) is 26.8. The van der Waals surface area contributed by atoms with Crippen molar-refractivity contribution in [2.24, 2.45) is 0 Å². The third kappa shape index (κ3) is 8.14. The Morgan fingerprint density at radius 1 is 0.518 bits per heavy atom. The molecular weight excluding hydrogens is 716 g/mol. The fourth-order valence-corrected chi connectivity index (χ4v) is 8.01. The minimum Gasteiger partial charge on any atom is -0.493 e. The monoisotopic (exact) mass is 764 g/mol. The van der Waals surface area contributed by atoms with E-state index in [1.54, 1.807) is 54.4 Å². The fraction of sp³-hybridized carbons (Fsp3) is 0.364. The summed E-state index contributed by atoms with van der Waals surface area (Å²) in [7, 11) is 6.36. The van der Waals surface area contributed by atoms with Crippen LogP contribution in [0.4, 0.5) is 0 Å². The quantitative estimate of drug-likeness (QED) is 0.121. The predicted molar refractivity (Wildman–Crippen MR) is 209 cm³/mol. The van der Waals surface area contributed by atoms with E-state index in [1.165, 1.54) is 13.8 Å². The van der Waals surface area contributed by atoms with Crippen LogP contribution in [0.2, 0.25) is 0 Å². The third-order valence-electron chi connectivity index (χ3n) is 10.6. The normalized spacial score (nSPS) is 15.9. The van der Waals surface area contributed by atoms with E-state index in [9.17, 15) is 19.2 Å². The Bertz CT molecular complexity index is 2030. The van der Waals surface area contributed by atoms with Crippen LogP contribution in [0.3, 0.4) is 0 Å². The lowest BCUT2D eigenvalue weighted by Gasteiger charge is -2.37. The zero-order valence-electron chi connectivity index (χ0n) is 33.1. The molecule has 2 atom stereocenters. The third-order valence-corrected chi connectivity index (χ3v) is 10.6. The van der Waals surface area contributed by atoms with E-state index in [4.69, 9.17) is 28.4 Å². The number of fused-ring (bicyclic) bond motifs is 2. The van der Waals surface area contributed by atoms with Gasteiger partial charge in [-0.3, -0.25) is 19.2 Å². The second-order valence-corrected chi connectivity index (χ2v) is 14.0. The number of hydrogen-bond donors (Lipinski definition) is 0. The molecule has 4 aromatic carbocycles. The molecule has 0 saturated carbocycles. The highest BCUT2D eigenvalue weighted by atomic mass is 16.5. The number of nitrogens with zero attached hydrogens (tertiary/aromatic N) is 2. The molecule has 0 bridgehead atoms. The van der Waals surface area contributed by atoms with Gasteiger partial charge in [0, 0.05) is 51.9 Å². The highest BCUT2D eigenvalue weighted by molar-refractivity contribution is 5.83. The lowest BCUT2D eigenvalue weighted by atomic mass is 9.86. The maximum Gasteiger partial charge on any atom is 0.308 e. The summed E-state index contributed by atoms with van der Waals surface area (Å²) < 4.78 is 34.0. The van der Waals surface area contributed by atoms with Gasteiger partial charge in [-0.05, 0) is 108 Å². The Kier molecular flexibility index (Phi) is 11.9. The van der Waals surface area contributed by atoms with E-state index in [0.717, 1.165) is 33.4 Å². The van der Waals surface area contributed by atoms with Gasteiger partial charge in [0.05, 0.1) is 40.5 Å². The molecular formula is C44H48N2O10. The van der Waals surface area contributed by atoms with Gasteiger partial charge in [0.15, 0.2) is 23.0 Å². The van der Waals surface area contributed by atoms with E-state index in [1.807, 2.05) is 58.3 Å². The van der Waals surface area contributed by atoms with E-state index >= 15 is 0 Å². The molecule has 4 aromatic rings. The van der Waals surface area contributed by atoms with Crippen molar-refractivity contribution in [3.8, 4) is 45.6 Å². The smallest absolute Gasteiger partial charge is 0.308 e. The summed E-state index contributed by atoms with van der Waals surface area (Å²) in [6.07, 6.45) is 2.17. The lowest BCUT2D eigenvalue weighted by Crippen LogP contribution is -2.39. The first-order valence-corrected chi connectivity index (χ1v) is 18.5. The Morgan fingerprint density at radius 3 is 1.20 bits per heavy atom. The van der Waals surface area contributed by atoms with E-state index in [0.29, 0.717) is 72.9 Å². The molecule has 294 valence electrons. The molecule has 0 spiro atoms. The van der Waals surface area contributed by atoms with Crippen molar-refractivity contribution in [3.63, 3.8) is 0 Å². The molecule has 0 aliphatic carbocycles. The summed E-state index contributed by atoms with van der Waals surface area (Å²) in [4.78, 5) is 54.7. The molecule has 2 aliphatic heterocycles. The standard InChI is InChI=1S/C44H48N2O10/c1-25(47)45-15-13-31-21-41(51-5)43(53-7)23-33(31)37(45)19-29-9-11-39(55-27(3)49)35(17-29)36-18-30(10-12-40(36)56-28(4)50)20-38-34-24-44(54-8)42(52-6)22-32(34)14-16-46(38)26(2)48/h9-12,17-18,21-24,37-38H,13-16,19-20H2,1-8H3/t37-,38+. The SMILES string of the molecule is COc1cc2c(cc1OC)[C@@H](Cc1ccc(OC(C)=O)c(-c3cc(C[C@H]4c5cc(OC)c(OC)cc5CCN4C(C)=O)ccc3OC(C)=O)c1)N(C(C)=O)CC2. The van der Waals surface area contributed by atoms with Gasteiger partial charge in [0.25, 0.3) is 0 Å². The highest BCUT2D eigenvalue weighted by Crippen LogP contribution is 2.44. The summed E-state index contributed by atoms with van der Waals surface area (Å²) in [5.41, 5.74) is 6.76. The van der Waals surface area contributed by atoms with Crippen LogP contribution in [0.15, 0.2) is 60.7 Å². The van der Waals surface area contributed by atoms with Gasteiger partial charge in [-0.1, -0.05) is 12.1 Å². The molecule has 2 amide bonds. The fourth-order valence-electron chi connectivity index (χ4n) is 8.01. The number of benzene rings is 4. The van der Waals surface area contributed by atoms with Crippen molar-refractivity contribution in [3.05, 3.63) is 94.0 Å². The topological polar surface area (TPSA) is 130 Å². The van der Waals surface area contributed by atoms with Gasteiger partial charge in [-0.25, -0.2) is 0 Å². The average Bonchev–Trinajstić information content (AvgIpc) is 3.17. The van der Waals surface area contributed by atoms with Crippen LogP contribution in [-0.2, 0) is 44.9 Å². The van der Waals surface area contributed by atoms with Gasteiger partial charge in [0.2, 0.25) is 11.8 Å². The van der Waals surface area contributed by atoms with Gasteiger partial charge in [0.1, 0.15) is 11.5 Å². The van der Waals surface area contributed by atoms with Crippen molar-refractivity contribution < 1.29 is 47.6 Å². The largest absolute Gasteiger partial charge is 0.493 e. The van der Waals surface area contributed by atoms with Crippen LogP contribution in [0.5, 0.6) is 34.5 Å². The first kappa shape index (κ1) is 39.6. The number of amides is 2. The van der Waals surface area contributed by atoms with Gasteiger partial charge in [-0.15, -0.1) is 0 Å². The van der Waals surface area contributed by atoms with Gasteiger partial charge < -0.3 is 38.2 Å². The number of methoxy groups -OCH3 is 4. The molecule has 0 radical (unpaired) electrons. The van der Waals surface area contributed by atoms with Crippen molar-refractivity contribution >= 4 is 23.8 Å². The lowest BCUT2D eigenvalue weighted by molar-refractivity contribution is -0.132. The number of carbonyl (C=O) groups excluding carboxylic acids is 4. The van der Waals surface area contributed by atoms with Crippen molar-refractivity contribution in [2.75, 3.05) is 41.5 Å². The van der Waals surface area contributed by atoms with Crippen molar-refractivity contribution in [1.82, 2.24) is 9.80 Å².